The Balaban J connectivity index is 1.77. The fourth-order valence-corrected chi connectivity index (χ4v) is 5.19. The lowest BCUT2D eigenvalue weighted by Gasteiger charge is -2.22. The Morgan fingerprint density at radius 3 is 2.06 bits per heavy atom. The van der Waals surface area contributed by atoms with E-state index in [2.05, 4.69) is 25.2 Å². The molecule has 0 saturated carbocycles. The van der Waals surface area contributed by atoms with Gasteiger partial charge in [-0.1, -0.05) is 31.5 Å². The summed E-state index contributed by atoms with van der Waals surface area (Å²) in [6.07, 6.45) is 0. The Morgan fingerprint density at radius 1 is 0.914 bits per heavy atom. The van der Waals surface area contributed by atoms with Crippen LogP contribution in [0, 0.1) is 13.8 Å². The second-order valence-corrected chi connectivity index (χ2v) is 11.1. The number of sulfonamides is 1. The number of aryl methyl sites for hydroxylation is 2. The molecule has 3 rings (SSSR count). The van der Waals surface area contributed by atoms with Gasteiger partial charge in [-0.05, 0) is 91.9 Å². The SMILES string of the molecule is COc1cc(C)c(C(C)NC(=O)c2ccc(N(C)S(=O)(=O)c3ccc(C)cc3)cc2)cc1C(C)C. The number of ether oxygens (including phenoxy) is 1. The van der Waals surface area contributed by atoms with Crippen molar-refractivity contribution in [2.75, 3.05) is 18.5 Å². The Hall–Kier alpha value is -3.32. The number of rotatable bonds is 8. The van der Waals surface area contributed by atoms with E-state index < -0.39 is 10.0 Å². The number of carbonyl (C=O) groups excluding carboxylic acids is 1. The molecule has 3 aromatic rings. The first-order valence-corrected chi connectivity index (χ1v) is 13.0. The largest absolute Gasteiger partial charge is 0.496 e. The highest BCUT2D eigenvalue weighted by Crippen LogP contribution is 2.32. The van der Waals surface area contributed by atoms with Gasteiger partial charge in [0.1, 0.15) is 5.75 Å². The molecule has 186 valence electrons. The molecule has 0 fully saturated rings. The Bertz CT molecular complexity index is 1300. The van der Waals surface area contributed by atoms with Gasteiger partial charge in [-0.15, -0.1) is 0 Å². The van der Waals surface area contributed by atoms with Gasteiger partial charge in [0, 0.05) is 12.6 Å². The van der Waals surface area contributed by atoms with Gasteiger partial charge in [0.15, 0.2) is 0 Å². The van der Waals surface area contributed by atoms with Crippen LogP contribution in [0.3, 0.4) is 0 Å². The smallest absolute Gasteiger partial charge is 0.264 e. The molecule has 0 aromatic heterocycles. The minimum Gasteiger partial charge on any atom is -0.496 e. The highest BCUT2D eigenvalue weighted by Gasteiger charge is 2.22. The summed E-state index contributed by atoms with van der Waals surface area (Å²) in [6, 6.07) is 17.2. The van der Waals surface area contributed by atoms with Crippen molar-refractivity contribution in [2.45, 2.75) is 51.5 Å². The summed E-state index contributed by atoms with van der Waals surface area (Å²) in [6.45, 7) is 10.1. The van der Waals surface area contributed by atoms with E-state index in [1.807, 2.05) is 26.8 Å². The van der Waals surface area contributed by atoms with Gasteiger partial charge in [-0.25, -0.2) is 8.42 Å². The second kappa shape index (κ2) is 10.5. The van der Waals surface area contributed by atoms with E-state index in [4.69, 9.17) is 4.74 Å². The van der Waals surface area contributed by atoms with Crippen molar-refractivity contribution in [3.8, 4) is 5.75 Å². The lowest BCUT2D eigenvalue weighted by Crippen LogP contribution is -2.28. The summed E-state index contributed by atoms with van der Waals surface area (Å²) in [5, 5.41) is 3.06. The Labute approximate surface area is 209 Å². The second-order valence-electron chi connectivity index (χ2n) is 9.13. The van der Waals surface area contributed by atoms with E-state index in [0.717, 1.165) is 28.0 Å². The maximum atomic E-state index is 13.0. The molecule has 1 amide bonds. The average molecular weight is 495 g/mol. The molecule has 0 radical (unpaired) electrons. The molecule has 0 spiro atoms. The summed E-state index contributed by atoms with van der Waals surface area (Å²) in [4.78, 5) is 13.2. The third kappa shape index (κ3) is 5.68. The van der Waals surface area contributed by atoms with Crippen LogP contribution in [0.2, 0.25) is 0 Å². The van der Waals surface area contributed by atoms with Crippen molar-refractivity contribution in [1.29, 1.82) is 0 Å². The normalized spacial score (nSPS) is 12.3. The number of nitrogens with zero attached hydrogens (tertiary/aromatic N) is 1. The van der Waals surface area contributed by atoms with Crippen molar-refractivity contribution < 1.29 is 17.9 Å². The molecular weight excluding hydrogens is 460 g/mol. The van der Waals surface area contributed by atoms with Crippen LogP contribution in [0.5, 0.6) is 5.75 Å². The highest BCUT2D eigenvalue weighted by atomic mass is 32.2. The molecule has 0 heterocycles. The first-order valence-electron chi connectivity index (χ1n) is 11.6. The summed E-state index contributed by atoms with van der Waals surface area (Å²) in [7, 11) is -0.526. The number of hydrogen-bond acceptors (Lipinski definition) is 4. The summed E-state index contributed by atoms with van der Waals surface area (Å²) in [5.74, 6) is 0.905. The van der Waals surface area contributed by atoms with E-state index in [9.17, 15) is 13.2 Å². The van der Waals surface area contributed by atoms with Crippen LogP contribution in [0.15, 0.2) is 65.6 Å². The lowest BCUT2D eigenvalue weighted by atomic mass is 9.93. The maximum absolute atomic E-state index is 13.0. The molecule has 6 nitrogen and oxygen atoms in total. The van der Waals surface area contributed by atoms with Crippen molar-refractivity contribution >= 4 is 21.6 Å². The van der Waals surface area contributed by atoms with Gasteiger partial charge >= 0.3 is 0 Å². The van der Waals surface area contributed by atoms with Gasteiger partial charge in [-0.2, -0.15) is 0 Å². The fraction of sp³-hybridized carbons (Fsp3) is 0.321. The van der Waals surface area contributed by atoms with Crippen LogP contribution < -0.4 is 14.4 Å². The molecule has 35 heavy (non-hydrogen) atoms. The lowest BCUT2D eigenvalue weighted by molar-refractivity contribution is 0.0940. The van der Waals surface area contributed by atoms with Crippen LogP contribution in [-0.2, 0) is 10.0 Å². The molecular formula is C28H34N2O4S. The van der Waals surface area contributed by atoms with Crippen LogP contribution in [0.4, 0.5) is 5.69 Å². The maximum Gasteiger partial charge on any atom is 0.264 e. The predicted octanol–water partition coefficient (Wildman–Crippen LogP) is 5.75. The zero-order valence-corrected chi connectivity index (χ0v) is 22.2. The number of methoxy groups -OCH3 is 1. The molecule has 1 N–H and O–H groups in total. The van der Waals surface area contributed by atoms with Gasteiger partial charge in [0.2, 0.25) is 0 Å². The molecule has 0 aliphatic rings. The minimum absolute atomic E-state index is 0.213. The van der Waals surface area contributed by atoms with Crippen molar-refractivity contribution in [2.24, 2.45) is 0 Å². The molecule has 1 atom stereocenters. The molecule has 0 aliphatic carbocycles. The quantitative estimate of drug-likeness (QED) is 0.433. The topological polar surface area (TPSA) is 75.7 Å². The molecule has 0 bridgehead atoms. The Morgan fingerprint density at radius 2 is 1.51 bits per heavy atom. The first-order chi connectivity index (χ1) is 16.4. The predicted molar refractivity (Wildman–Crippen MR) is 141 cm³/mol. The third-order valence-electron chi connectivity index (χ3n) is 6.23. The third-order valence-corrected chi connectivity index (χ3v) is 8.03. The van der Waals surface area contributed by atoms with Crippen molar-refractivity contribution in [3.05, 3.63) is 88.5 Å². The number of carbonyl (C=O) groups is 1. The molecule has 1 unspecified atom stereocenters. The van der Waals surface area contributed by atoms with Gasteiger partial charge in [-0.3, -0.25) is 9.10 Å². The van der Waals surface area contributed by atoms with Gasteiger partial charge in [0.05, 0.1) is 23.7 Å². The molecule has 3 aromatic carbocycles. The van der Waals surface area contributed by atoms with Crippen molar-refractivity contribution in [3.63, 3.8) is 0 Å². The number of anilines is 1. The number of amides is 1. The fourth-order valence-electron chi connectivity index (χ4n) is 4.00. The highest BCUT2D eigenvalue weighted by molar-refractivity contribution is 7.92. The van der Waals surface area contributed by atoms with Crippen LogP contribution in [0.25, 0.3) is 0 Å². The van der Waals surface area contributed by atoms with Gasteiger partial charge < -0.3 is 10.1 Å². The van der Waals surface area contributed by atoms with Crippen LogP contribution in [-0.4, -0.2) is 28.5 Å². The summed E-state index contributed by atoms with van der Waals surface area (Å²) in [5.41, 5.74) is 5.08. The minimum atomic E-state index is -3.70. The van der Waals surface area contributed by atoms with E-state index >= 15 is 0 Å². The van der Waals surface area contributed by atoms with Gasteiger partial charge in [0.25, 0.3) is 15.9 Å². The average Bonchev–Trinajstić information content (AvgIpc) is 2.83. The van der Waals surface area contributed by atoms with Crippen LogP contribution >= 0.6 is 0 Å². The zero-order valence-electron chi connectivity index (χ0n) is 21.4. The molecule has 7 heteroatoms. The number of hydrogen-bond donors (Lipinski definition) is 1. The summed E-state index contributed by atoms with van der Waals surface area (Å²) < 4.78 is 32.7. The standard InChI is InChI=1S/C28H34N2O4S/c1-18(2)25-17-26(20(4)16-27(25)34-7)21(5)29-28(31)22-10-12-23(13-11-22)30(6)35(32,33)24-14-8-19(3)9-15-24/h8-18,21H,1-7H3,(H,29,31). The first kappa shape index (κ1) is 26.3. The molecule has 0 aliphatic heterocycles. The van der Waals surface area contributed by atoms with Crippen molar-refractivity contribution in [1.82, 2.24) is 5.32 Å². The monoisotopic (exact) mass is 494 g/mol. The summed E-state index contributed by atoms with van der Waals surface area (Å²) >= 11 is 0. The van der Waals surface area contributed by atoms with E-state index in [0.29, 0.717) is 11.3 Å². The van der Waals surface area contributed by atoms with E-state index in [1.54, 1.807) is 55.6 Å². The van der Waals surface area contributed by atoms with Crippen LogP contribution in [0.1, 0.15) is 65.3 Å². The van der Waals surface area contributed by atoms with E-state index in [1.165, 1.54) is 11.4 Å². The zero-order chi connectivity index (χ0) is 25.9. The number of nitrogens with one attached hydrogen (secondary N) is 1. The van der Waals surface area contributed by atoms with E-state index in [-0.39, 0.29) is 22.8 Å². The Kier molecular flexibility index (Phi) is 7.90. The molecule has 0 saturated heterocycles. The number of benzene rings is 3.